The Hall–Kier alpha value is -1.92. The van der Waals surface area contributed by atoms with Gasteiger partial charge in [0.2, 0.25) is 0 Å². The first-order chi connectivity index (χ1) is 21.9. The van der Waals surface area contributed by atoms with Gasteiger partial charge >= 0.3 is 0 Å². The maximum Gasteiger partial charge on any atom is 0.193 e. The van der Waals surface area contributed by atoms with Gasteiger partial charge in [-0.1, -0.05) is 97.1 Å². The highest BCUT2D eigenvalue weighted by molar-refractivity contribution is 5.34. The van der Waals surface area contributed by atoms with Crippen molar-refractivity contribution in [3.05, 3.63) is 71.0 Å². The average Bonchev–Trinajstić information content (AvgIpc) is 3.35. The SMILES string of the molecule is C=C1CC(C)C(/C(C)=C/C(C)C)OC12CC1CC(C/C=C(\NC)CC(C)/C=C/C=C3\CCC4C(O)C(C)=CC(CO1)C34C)O2.CC. The van der Waals surface area contributed by atoms with E-state index in [0.717, 1.165) is 49.7 Å². The molecule has 5 nitrogen and oxygen atoms in total. The quantitative estimate of drug-likeness (QED) is 0.303. The van der Waals surface area contributed by atoms with Gasteiger partial charge in [-0.3, -0.25) is 0 Å². The Morgan fingerprint density at radius 2 is 1.89 bits per heavy atom. The first-order valence-electron chi connectivity index (χ1n) is 18.3. The third kappa shape index (κ3) is 7.69. The molecule has 3 fully saturated rings. The molecule has 10 unspecified atom stereocenters. The maximum atomic E-state index is 11.3. The van der Waals surface area contributed by atoms with Crippen LogP contribution in [0, 0.1) is 35.0 Å². The van der Waals surface area contributed by atoms with E-state index in [-0.39, 0.29) is 35.6 Å². The molecule has 0 aromatic heterocycles. The zero-order valence-electron chi connectivity index (χ0n) is 30.7. The molecule has 10 atom stereocenters. The lowest BCUT2D eigenvalue weighted by atomic mass is 9.61. The van der Waals surface area contributed by atoms with Crippen LogP contribution in [0.3, 0.4) is 0 Å². The Bertz CT molecular complexity index is 1220. The number of hydrogen-bond acceptors (Lipinski definition) is 5. The second kappa shape index (κ2) is 15.5. The largest absolute Gasteiger partial charge is 0.392 e. The summed E-state index contributed by atoms with van der Waals surface area (Å²) in [6.45, 7) is 24.8. The second-order valence-corrected chi connectivity index (χ2v) is 15.2. The van der Waals surface area contributed by atoms with E-state index in [0.29, 0.717) is 30.8 Å². The molecule has 5 rings (SSSR count). The van der Waals surface area contributed by atoms with Crippen LogP contribution >= 0.6 is 0 Å². The van der Waals surface area contributed by atoms with E-state index in [9.17, 15) is 5.11 Å². The summed E-state index contributed by atoms with van der Waals surface area (Å²) in [6, 6.07) is 0. The van der Waals surface area contributed by atoms with E-state index in [1.807, 2.05) is 20.9 Å². The molecule has 46 heavy (non-hydrogen) atoms. The molecule has 0 radical (unpaired) electrons. The monoisotopic (exact) mass is 635 g/mol. The van der Waals surface area contributed by atoms with Crippen molar-refractivity contribution in [2.24, 2.45) is 35.0 Å². The van der Waals surface area contributed by atoms with Crippen LogP contribution in [0.25, 0.3) is 0 Å². The first-order valence-corrected chi connectivity index (χ1v) is 18.3. The lowest BCUT2D eigenvalue weighted by Gasteiger charge is -2.51. The van der Waals surface area contributed by atoms with Gasteiger partial charge < -0.3 is 24.6 Å². The molecular formula is C41H65NO4. The van der Waals surface area contributed by atoms with E-state index in [1.165, 1.54) is 16.8 Å². The van der Waals surface area contributed by atoms with Crippen LogP contribution in [0.2, 0.25) is 0 Å². The fraction of sp³-hybridized carbons (Fsp3) is 0.707. The van der Waals surface area contributed by atoms with Gasteiger partial charge in [-0.15, -0.1) is 0 Å². The molecule has 2 N–H and O–H groups in total. The van der Waals surface area contributed by atoms with Crippen LogP contribution in [0.5, 0.6) is 0 Å². The fourth-order valence-electron chi connectivity index (χ4n) is 8.92. The normalized spacial score (nSPS) is 43.3. The minimum atomic E-state index is -0.856. The molecule has 2 saturated heterocycles. The molecule has 0 aromatic carbocycles. The Balaban J connectivity index is 0.00000235. The van der Waals surface area contributed by atoms with Gasteiger partial charge in [0.1, 0.15) is 0 Å². The Labute approximate surface area is 281 Å². The summed E-state index contributed by atoms with van der Waals surface area (Å²) in [5, 5.41) is 14.7. The first kappa shape index (κ1) is 36.9. The van der Waals surface area contributed by atoms with Crippen molar-refractivity contribution in [3.63, 3.8) is 0 Å². The number of hydrogen-bond donors (Lipinski definition) is 2. The lowest BCUT2D eigenvalue weighted by molar-refractivity contribution is -0.305. The summed E-state index contributed by atoms with van der Waals surface area (Å²) in [5.74, 6) is 0.758. The number of rotatable bonds is 3. The number of fused-ring (bicyclic) bond motifs is 2. The van der Waals surface area contributed by atoms with Crippen molar-refractivity contribution in [2.45, 2.75) is 137 Å². The summed E-state index contributed by atoms with van der Waals surface area (Å²) >= 11 is 0. The zero-order valence-corrected chi connectivity index (χ0v) is 30.7. The fourth-order valence-corrected chi connectivity index (χ4v) is 8.92. The molecule has 258 valence electrons. The molecule has 5 aliphatic rings. The summed E-state index contributed by atoms with van der Waals surface area (Å²) < 4.78 is 21.0. The van der Waals surface area contributed by atoms with Crippen molar-refractivity contribution >= 4 is 0 Å². The summed E-state index contributed by atoms with van der Waals surface area (Å²) in [7, 11) is 2.02. The molecule has 0 amide bonds. The molecular weight excluding hydrogens is 570 g/mol. The predicted octanol–water partition coefficient (Wildman–Crippen LogP) is 9.23. The summed E-state index contributed by atoms with van der Waals surface area (Å²) in [5.41, 5.74) is 5.93. The average molecular weight is 636 g/mol. The maximum absolute atomic E-state index is 11.3. The van der Waals surface area contributed by atoms with Crippen LogP contribution in [-0.2, 0) is 14.2 Å². The number of allylic oxidation sites excluding steroid dienone is 6. The van der Waals surface area contributed by atoms with Gasteiger partial charge in [-0.25, -0.2) is 0 Å². The van der Waals surface area contributed by atoms with Gasteiger partial charge in [0.25, 0.3) is 0 Å². The van der Waals surface area contributed by atoms with Crippen molar-refractivity contribution < 1.29 is 19.3 Å². The second-order valence-electron chi connectivity index (χ2n) is 15.2. The van der Waals surface area contributed by atoms with E-state index in [2.05, 4.69) is 96.8 Å². The molecule has 1 spiro atoms. The highest BCUT2D eigenvalue weighted by Crippen LogP contribution is 2.58. The smallest absolute Gasteiger partial charge is 0.193 e. The van der Waals surface area contributed by atoms with Gasteiger partial charge in [0, 0.05) is 36.9 Å². The van der Waals surface area contributed by atoms with Crippen molar-refractivity contribution in [2.75, 3.05) is 13.7 Å². The van der Waals surface area contributed by atoms with E-state index < -0.39 is 11.9 Å². The van der Waals surface area contributed by atoms with Crippen LogP contribution in [0.4, 0.5) is 0 Å². The number of aliphatic hydroxyl groups excluding tert-OH is 1. The lowest BCUT2D eigenvalue weighted by Crippen LogP contribution is -2.55. The number of aliphatic hydroxyl groups is 1. The van der Waals surface area contributed by atoms with E-state index in [4.69, 9.17) is 14.2 Å². The van der Waals surface area contributed by atoms with E-state index in [1.54, 1.807) is 0 Å². The van der Waals surface area contributed by atoms with Gasteiger partial charge in [-0.05, 0) is 86.3 Å². The molecule has 3 aliphatic heterocycles. The van der Waals surface area contributed by atoms with E-state index >= 15 is 0 Å². The van der Waals surface area contributed by atoms with Crippen molar-refractivity contribution in [3.8, 4) is 0 Å². The predicted molar refractivity (Wildman–Crippen MR) is 191 cm³/mol. The highest BCUT2D eigenvalue weighted by atomic mass is 16.7. The van der Waals surface area contributed by atoms with Crippen LogP contribution < -0.4 is 5.32 Å². The molecule has 1 saturated carbocycles. The molecule has 5 heteroatoms. The number of nitrogens with one attached hydrogen (secondary N) is 1. The van der Waals surface area contributed by atoms with Crippen LogP contribution in [-0.4, -0.2) is 49.0 Å². The third-order valence-electron chi connectivity index (χ3n) is 11.4. The van der Waals surface area contributed by atoms with Crippen LogP contribution in [0.15, 0.2) is 71.0 Å². The van der Waals surface area contributed by atoms with Crippen LogP contribution in [0.1, 0.15) is 107 Å². The summed E-state index contributed by atoms with van der Waals surface area (Å²) in [4.78, 5) is 0. The molecule has 0 aromatic rings. The summed E-state index contributed by atoms with van der Waals surface area (Å²) in [6.07, 6.45) is 19.6. The molecule has 3 heterocycles. The number of ether oxygens (including phenoxy) is 3. The Morgan fingerprint density at radius 1 is 1.15 bits per heavy atom. The molecule has 2 aliphatic carbocycles. The topological polar surface area (TPSA) is 60.0 Å². The van der Waals surface area contributed by atoms with Crippen molar-refractivity contribution in [1.82, 2.24) is 5.32 Å². The van der Waals surface area contributed by atoms with Gasteiger partial charge in [0.05, 0.1) is 31.0 Å². The minimum Gasteiger partial charge on any atom is -0.392 e. The Kier molecular flexibility index (Phi) is 12.5. The highest BCUT2D eigenvalue weighted by Gasteiger charge is 2.54. The minimum absolute atomic E-state index is 0.00697. The molecule has 2 bridgehead atoms. The zero-order chi connectivity index (χ0) is 33.8. The Morgan fingerprint density at radius 3 is 2.59 bits per heavy atom. The van der Waals surface area contributed by atoms with Gasteiger partial charge in [-0.2, -0.15) is 0 Å². The van der Waals surface area contributed by atoms with Gasteiger partial charge in [0.15, 0.2) is 5.79 Å². The third-order valence-corrected chi connectivity index (χ3v) is 11.4. The standard InChI is InChI=1S/C39H59NO4.C2H6/c1-24(2)17-27(5)37-28(6)19-29(7)39(44-37)22-34-21-33(43-39)15-14-32(40-9)18-25(3)11-10-12-30-13-16-35-36(41)26(4)20-31(23-42-34)38(30,35)8;1-2/h10-12,14,17,20,24-25,28,31,33-37,40-41H,7,13,15-16,18-19,21-23H2,1-6,8-9H3;1-2H3/b11-10+,27-17+,30-12+,32-14-;. The van der Waals surface area contributed by atoms with Crippen molar-refractivity contribution in [1.29, 1.82) is 0 Å².